The minimum Gasteiger partial charge on any atom is -0.481 e. The van der Waals surface area contributed by atoms with E-state index in [4.69, 9.17) is 5.11 Å². The van der Waals surface area contributed by atoms with E-state index in [1.54, 1.807) is 38.1 Å². The van der Waals surface area contributed by atoms with Crippen LogP contribution in [0.4, 0.5) is 5.69 Å². The van der Waals surface area contributed by atoms with Crippen molar-refractivity contribution < 1.29 is 18.3 Å². The number of carboxylic acids is 1. The topological polar surface area (TPSA) is 83.5 Å². The largest absolute Gasteiger partial charge is 0.481 e. The van der Waals surface area contributed by atoms with Gasteiger partial charge in [0, 0.05) is 5.69 Å². The summed E-state index contributed by atoms with van der Waals surface area (Å²) in [5.74, 6) is -0.953. The molecule has 0 amide bonds. The van der Waals surface area contributed by atoms with E-state index in [2.05, 4.69) is 4.72 Å². The fourth-order valence-corrected chi connectivity index (χ4v) is 2.24. The van der Waals surface area contributed by atoms with Crippen molar-refractivity contribution in [3.8, 4) is 0 Å². The van der Waals surface area contributed by atoms with Crippen molar-refractivity contribution in [2.24, 2.45) is 0 Å². The SMILES string of the molecule is CC(CC(=O)O)c1ccc(NS(=O)(=O)C(C)C)cc1. The Kier molecular flexibility index (Phi) is 4.94. The molecule has 0 fully saturated rings. The van der Waals surface area contributed by atoms with Gasteiger partial charge in [-0.2, -0.15) is 0 Å². The first-order valence-electron chi connectivity index (χ1n) is 6.05. The third kappa shape index (κ3) is 4.55. The Morgan fingerprint density at radius 3 is 2.16 bits per heavy atom. The van der Waals surface area contributed by atoms with Gasteiger partial charge in [0.15, 0.2) is 0 Å². The molecule has 0 aromatic heterocycles. The van der Waals surface area contributed by atoms with E-state index < -0.39 is 21.2 Å². The average molecular weight is 285 g/mol. The molecule has 6 heteroatoms. The molecule has 0 spiro atoms. The van der Waals surface area contributed by atoms with Crippen LogP contribution in [0.15, 0.2) is 24.3 Å². The molecule has 1 atom stereocenters. The third-order valence-corrected chi connectivity index (χ3v) is 4.60. The molecule has 0 radical (unpaired) electrons. The lowest BCUT2D eigenvalue weighted by molar-refractivity contribution is -0.137. The highest BCUT2D eigenvalue weighted by Gasteiger charge is 2.16. The van der Waals surface area contributed by atoms with Gasteiger partial charge in [0.05, 0.1) is 11.7 Å². The van der Waals surface area contributed by atoms with Gasteiger partial charge in [-0.25, -0.2) is 8.42 Å². The molecule has 0 aliphatic carbocycles. The summed E-state index contributed by atoms with van der Waals surface area (Å²) >= 11 is 0. The van der Waals surface area contributed by atoms with Crippen LogP contribution < -0.4 is 4.72 Å². The molecule has 1 rings (SSSR count). The van der Waals surface area contributed by atoms with Gasteiger partial charge < -0.3 is 5.11 Å². The molecule has 0 heterocycles. The number of carboxylic acid groups (broad SMARTS) is 1. The smallest absolute Gasteiger partial charge is 0.303 e. The summed E-state index contributed by atoms with van der Waals surface area (Å²) in [6.45, 7) is 5.03. The van der Waals surface area contributed by atoms with Crippen molar-refractivity contribution in [2.45, 2.75) is 38.4 Å². The third-order valence-electron chi connectivity index (χ3n) is 2.84. The van der Waals surface area contributed by atoms with Crippen molar-refractivity contribution in [1.82, 2.24) is 0 Å². The fraction of sp³-hybridized carbons (Fsp3) is 0.462. The van der Waals surface area contributed by atoms with E-state index in [1.165, 1.54) is 0 Å². The maximum atomic E-state index is 11.7. The number of nitrogens with one attached hydrogen (secondary N) is 1. The maximum Gasteiger partial charge on any atom is 0.303 e. The molecule has 0 saturated heterocycles. The lowest BCUT2D eigenvalue weighted by Gasteiger charge is -2.13. The summed E-state index contributed by atoms with van der Waals surface area (Å²) in [5.41, 5.74) is 1.36. The Morgan fingerprint density at radius 2 is 1.74 bits per heavy atom. The number of hydrogen-bond donors (Lipinski definition) is 2. The first kappa shape index (κ1) is 15.5. The van der Waals surface area contributed by atoms with Crippen LogP contribution >= 0.6 is 0 Å². The Hall–Kier alpha value is -1.56. The van der Waals surface area contributed by atoms with Gasteiger partial charge in [0.1, 0.15) is 0 Å². The molecule has 1 unspecified atom stereocenters. The van der Waals surface area contributed by atoms with E-state index in [1.807, 2.05) is 6.92 Å². The summed E-state index contributed by atoms with van der Waals surface area (Å²) in [4.78, 5) is 10.6. The number of carbonyl (C=O) groups is 1. The minimum atomic E-state index is -3.35. The Labute approximate surface area is 113 Å². The summed E-state index contributed by atoms with van der Waals surface area (Å²) in [5, 5.41) is 8.22. The number of benzene rings is 1. The Bertz CT molecular complexity index is 534. The highest BCUT2D eigenvalue weighted by Crippen LogP contribution is 2.21. The van der Waals surface area contributed by atoms with Crippen molar-refractivity contribution >= 4 is 21.7 Å². The van der Waals surface area contributed by atoms with Gasteiger partial charge in [-0.15, -0.1) is 0 Å². The lowest BCUT2D eigenvalue weighted by Crippen LogP contribution is -2.22. The molecule has 5 nitrogen and oxygen atoms in total. The van der Waals surface area contributed by atoms with E-state index in [9.17, 15) is 13.2 Å². The van der Waals surface area contributed by atoms with Gasteiger partial charge in [0.2, 0.25) is 10.0 Å². The van der Waals surface area contributed by atoms with Crippen LogP contribution in [0.1, 0.15) is 38.7 Å². The van der Waals surface area contributed by atoms with Gasteiger partial charge in [0.25, 0.3) is 0 Å². The quantitative estimate of drug-likeness (QED) is 0.840. The standard InChI is InChI=1S/C13H19NO4S/c1-9(2)19(17,18)14-12-6-4-11(5-7-12)10(3)8-13(15)16/h4-7,9-10,14H,8H2,1-3H3,(H,15,16). The van der Waals surface area contributed by atoms with Crippen molar-refractivity contribution in [1.29, 1.82) is 0 Å². The lowest BCUT2D eigenvalue weighted by atomic mass is 9.98. The zero-order valence-electron chi connectivity index (χ0n) is 11.3. The predicted octanol–water partition coefficient (Wildman–Crippen LogP) is 2.41. The number of anilines is 1. The second-order valence-corrected chi connectivity index (χ2v) is 7.05. The molecule has 2 N–H and O–H groups in total. The molecular weight excluding hydrogens is 266 g/mol. The van der Waals surface area contributed by atoms with Gasteiger partial charge in [-0.1, -0.05) is 19.1 Å². The zero-order chi connectivity index (χ0) is 14.6. The second-order valence-electron chi connectivity index (χ2n) is 4.82. The maximum absolute atomic E-state index is 11.7. The number of sulfonamides is 1. The zero-order valence-corrected chi connectivity index (χ0v) is 12.1. The van der Waals surface area contributed by atoms with Crippen LogP contribution in [-0.4, -0.2) is 24.7 Å². The van der Waals surface area contributed by atoms with Crippen LogP contribution in [0.2, 0.25) is 0 Å². The van der Waals surface area contributed by atoms with E-state index in [0.29, 0.717) is 5.69 Å². The molecule has 1 aromatic carbocycles. The normalized spacial score (nSPS) is 13.3. The predicted molar refractivity (Wildman–Crippen MR) is 74.8 cm³/mol. The van der Waals surface area contributed by atoms with Crippen LogP contribution in [0.25, 0.3) is 0 Å². The summed E-state index contributed by atoms with van der Waals surface area (Å²) in [6, 6.07) is 6.78. The van der Waals surface area contributed by atoms with E-state index in [0.717, 1.165) is 5.56 Å². The molecule has 1 aromatic rings. The summed E-state index contributed by atoms with van der Waals surface area (Å²) in [6.07, 6.45) is 0.0526. The van der Waals surface area contributed by atoms with Gasteiger partial charge >= 0.3 is 5.97 Å². The molecule has 0 saturated carbocycles. The number of rotatable bonds is 6. The molecular formula is C13H19NO4S. The first-order chi connectivity index (χ1) is 8.72. The summed E-state index contributed by atoms with van der Waals surface area (Å²) in [7, 11) is -3.35. The van der Waals surface area contributed by atoms with Crippen LogP contribution in [0.5, 0.6) is 0 Å². The fourth-order valence-electron chi connectivity index (χ4n) is 1.54. The van der Waals surface area contributed by atoms with Crippen LogP contribution in [0.3, 0.4) is 0 Å². The van der Waals surface area contributed by atoms with E-state index >= 15 is 0 Å². The highest BCUT2D eigenvalue weighted by atomic mass is 32.2. The molecule has 106 valence electrons. The van der Waals surface area contributed by atoms with Crippen molar-refractivity contribution in [3.63, 3.8) is 0 Å². The summed E-state index contributed by atoms with van der Waals surface area (Å²) < 4.78 is 25.8. The van der Waals surface area contributed by atoms with Crippen molar-refractivity contribution in [2.75, 3.05) is 4.72 Å². The monoisotopic (exact) mass is 285 g/mol. The van der Waals surface area contributed by atoms with Crippen molar-refractivity contribution in [3.05, 3.63) is 29.8 Å². The highest BCUT2D eigenvalue weighted by molar-refractivity contribution is 7.93. The van der Waals surface area contributed by atoms with E-state index in [-0.39, 0.29) is 12.3 Å². The molecule has 19 heavy (non-hydrogen) atoms. The van der Waals surface area contributed by atoms with Crippen LogP contribution in [0, 0.1) is 0 Å². The van der Waals surface area contributed by atoms with Gasteiger partial charge in [-0.3, -0.25) is 9.52 Å². The molecule has 0 aliphatic heterocycles. The number of aliphatic carboxylic acids is 1. The average Bonchev–Trinajstić information content (AvgIpc) is 2.28. The first-order valence-corrected chi connectivity index (χ1v) is 7.60. The molecule has 0 aliphatic rings. The number of hydrogen-bond acceptors (Lipinski definition) is 3. The Morgan fingerprint density at radius 1 is 1.21 bits per heavy atom. The molecule has 0 bridgehead atoms. The second kappa shape index (κ2) is 6.06. The minimum absolute atomic E-state index is 0.0526. The Balaban J connectivity index is 2.80. The van der Waals surface area contributed by atoms with Gasteiger partial charge in [-0.05, 0) is 37.5 Å². The van der Waals surface area contributed by atoms with Crippen LogP contribution in [-0.2, 0) is 14.8 Å².